The fourth-order valence-electron chi connectivity index (χ4n) is 3.83. The number of benzene rings is 4. The van der Waals surface area contributed by atoms with Gasteiger partial charge in [-0.05, 0) is 73.4 Å². The van der Waals surface area contributed by atoms with Gasteiger partial charge in [-0.2, -0.15) is 0 Å². The molecule has 0 bridgehead atoms. The lowest BCUT2D eigenvalue weighted by atomic mass is 10.0. The van der Waals surface area contributed by atoms with E-state index in [1.54, 1.807) is 0 Å². The van der Waals surface area contributed by atoms with Crippen molar-refractivity contribution in [1.82, 2.24) is 0 Å². The van der Waals surface area contributed by atoms with Gasteiger partial charge in [0.25, 0.3) is 0 Å². The van der Waals surface area contributed by atoms with Gasteiger partial charge in [-0.1, -0.05) is 85.1 Å². The van der Waals surface area contributed by atoms with E-state index in [1.165, 1.54) is 45.6 Å². The molecule has 0 aliphatic carbocycles. The van der Waals surface area contributed by atoms with Crippen LogP contribution in [0.3, 0.4) is 0 Å². The van der Waals surface area contributed by atoms with Crippen molar-refractivity contribution >= 4 is 17.1 Å². The van der Waals surface area contributed by atoms with Crippen LogP contribution < -0.4 is 4.90 Å². The molecule has 4 aromatic rings. The van der Waals surface area contributed by atoms with Crippen molar-refractivity contribution in [3.8, 4) is 11.1 Å². The normalized spacial score (nSPS) is 10.8. The van der Waals surface area contributed by atoms with Crippen LogP contribution in [-0.2, 0) is 6.42 Å². The largest absolute Gasteiger partial charge is 0.311 e. The van der Waals surface area contributed by atoms with Crippen LogP contribution >= 0.6 is 0 Å². The van der Waals surface area contributed by atoms with Gasteiger partial charge in [-0.25, -0.2) is 0 Å². The molecule has 0 aliphatic rings. The van der Waals surface area contributed by atoms with Gasteiger partial charge in [0.2, 0.25) is 0 Å². The predicted molar refractivity (Wildman–Crippen MR) is 130 cm³/mol. The van der Waals surface area contributed by atoms with Crippen molar-refractivity contribution in [3.05, 3.63) is 114 Å². The summed E-state index contributed by atoms with van der Waals surface area (Å²) in [5.74, 6) is 0. The molecule has 4 rings (SSSR count). The lowest BCUT2D eigenvalue weighted by molar-refractivity contribution is 0.922. The minimum Gasteiger partial charge on any atom is -0.311 e. The first kappa shape index (κ1) is 20.0. The molecule has 0 aromatic heterocycles. The Balaban J connectivity index is 1.71. The number of aryl methyl sites for hydroxylation is 3. The molecule has 0 heterocycles. The number of rotatable bonds is 6. The molecule has 1 heteroatoms. The molecule has 0 saturated heterocycles. The SMILES string of the molecule is CCCc1cccc(-c2ccc(N(c3ccc(C)cc3)c3ccc(C)cc3)cc2)c1. The Labute approximate surface area is 180 Å². The van der Waals surface area contributed by atoms with Gasteiger partial charge in [0.1, 0.15) is 0 Å². The van der Waals surface area contributed by atoms with E-state index < -0.39 is 0 Å². The van der Waals surface area contributed by atoms with E-state index in [0.29, 0.717) is 0 Å². The zero-order valence-corrected chi connectivity index (χ0v) is 18.1. The summed E-state index contributed by atoms with van der Waals surface area (Å²) in [4.78, 5) is 2.32. The Morgan fingerprint density at radius 1 is 0.567 bits per heavy atom. The number of anilines is 3. The van der Waals surface area contributed by atoms with Crippen molar-refractivity contribution in [3.63, 3.8) is 0 Å². The van der Waals surface area contributed by atoms with Crippen LogP contribution in [0.25, 0.3) is 11.1 Å². The molecule has 1 nitrogen and oxygen atoms in total. The molecular weight excluding hydrogens is 362 g/mol. The van der Waals surface area contributed by atoms with Gasteiger partial charge < -0.3 is 4.90 Å². The minimum absolute atomic E-state index is 1.13. The van der Waals surface area contributed by atoms with E-state index >= 15 is 0 Å². The molecule has 0 unspecified atom stereocenters. The molecule has 0 fully saturated rings. The number of nitrogens with zero attached hydrogens (tertiary/aromatic N) is 1. The fraction of sp³-hybridized carbons (Fsp3) is 0.172. The summed E-state index contributed by atoms with van der Waals surface area (Å²) in [6.07, 6.45) is 2.30. The van der Waals surface area contributed by atoms with Gasteiger partial charge in [0.05, 0.1) is 0 Å². The summed E-state index contributed by atoms with van der Waals surface area (Å²) < 4.78 is 0. The fourth-order valence-corrected chi connectivity index (χ4v) is 3.83. The smallest absolute Gasteiger partial charge is 0.0462 e. The van der Waals surface area contributed by atoms with Crippen LogP contribution in [0, 0.1) is 13.8 Å². The molecule has 30 heavy (non-hydrogen) atoms. The second-order valence-electron chi connectivity index (χ2n) is 8.00. The summed E-state index contributed by atoms with van der Waals surface area (Å²) in [5.41, 5.74) is 9.98. The van der Waals surface area contributed by atoms with Gasteiger partial charge in [-0.15, -0.1) is 0 Å². The lowest BCUT2D eigenvalue weighted by Gasteiger charge is -2.26. The van der Waals surface area contributed by atoms with Gasteiger partial charge in [0.15, 0.2) is 0 Å². The molecule has 0 radical (unpaired) electrons. The average molecular weight is 392 g/mol. The first-order chi connectivity index (χ1) is 14.6. The van der Waals surface area contributed by atoms with Crippen molar-refractivity contribution < 1.29 is 0 Å². The highest BCUT2D eigenvalue weighted by Gasteiger charge is 2.12. The van der Waals surface area contributed by atoms with E-state index in [1.807, 2.05) is 0 Å². The Morgan fingerprint density at radius 2 is 1.07 bits per heavy atom. The monoisotopic (exact) mass is 391 g/mol. The molecule has 0 saturated carbocycles. The molecule has 0 N–H and O–H groups in total. The second-order valence-corrected chi connectivity index (χ2v) is 8.00. The molecule has 150 valence electrons. The van der Waals surface area contributed by atoms with Crippen molar-refractivity contribution in [2.45, 2.75) is 33.6 Å². The van der Waals surface area contributed by atoms with Gasteiger partial charge >= 0.3 is 0 Å². The van der Waals surface area contributed by atoms with E-state index in [9.17, 15) is 0 Å². The van der Waals surface area contributed by atoms with E-state index in [4.69, 9.17) is 0 Å². The summed E-state index contributed by atoms with van der Waals surface area (Å²) in [6.45, 7) is 6.48. The van der Waals surface area contributed by atoms with Gasteiger partial charge in [0, 0.05) is 17.1 Å². The molecular formula is C29H29N. The predicted octanol–water partition coefficient (Wildman–Crippen LogP) is 8.39. The maximum atomic E-state index is 2.32. The Kier molecular flexibility index (Phi) is 5.99. The third-order valence-electron chi connectivity index (χ3n) is 5.51. The summed E-state index contributed by atoms with van der Waals surface area (Å²) in [6, 6.07) is 35.3. The lowest BCUT2D eigenvalue weighted by Crippen LogP contribution is -2.09. The Morgan fingerprint density at radius 3 is 1.57 bits per heavy atom. The summed E-state index contributed by atoms with van der Waals surface area (Å²) in [5, 5.41) is 0. The van der Waals surface area contributed by atoms with Crippen LogP contribution in [0.15, 0.2) is 97.1 Å². The van der Waals surface area contributed by atoms with E-state index in [0.717, 1.165) is 12.1 Å². The Hall–Kier alpha value is -3.32. The first-order valence-electron chi connectivity index (χ1n) is 10.8. The molecule has 0 spiro atoms. The number of hydrogen-bond acceptors (Lipinski definition) is 1. The highest BCUT2D eigenvalue weighted by atomic mass is 15.1. The third kappa shape index (κ3) is 4.46. The second kappa shape index (κ2) is 9.00. The maximum absolute atomic E-state index is 2.32. The summed E-state index contributed by atoms with van der Waals surface area (Å²) in [7, 11) is 0. The molecule has 0 aliphatic heterocycles. The van der Waals surface area contributed by atoms with Crippen molar-refractivity contribution in [2.24, 2.45) is 0 Å². The van der Waals surface area contributed by atoms with Crippen molar-refractivity contribution in [2.75, 3.05) is 4.90 Å². The first-order valence-corrected chi connectivity index (χ1v) is 10.8. The summed E-state index contributed by atoms with van der Waals surface area (Å²) >= 11 is 0. The van der Waals surface area contributed by atoms with Crippen LogP contribution in [0.4, 0.5) is 17.1 Å². The molecule has 4 aromatic carbocycles. The average Bonchev–Trinajstić information content (AvgIpc) is 2.77. The number of hydrogen-bond donors (Lipinski definition) is 0. The van der Waals surface area contributed by atoms with E-state index in [-0.39, 0.29) is 0 Å². The highest BCUT2D eigenvalue weighted by Crippen LogP contribution is 2.35. The molecule has 0 amide bonds. The quantitative estimate of drug-likeness (QED) is 0.319. The molecule has 0 atom stereocenters. The van der Waals surface area contributed by atoms with Crippen LogP contribution in [0.5, 0.6) is 0 Å². The zero-order chi connectivity index (χ0) is 20.9. The van der Waals surface area contributed by atoms with Gasteiger partial charge in [-0.3, -0.25) is 0 Å². The van der Waals surface area contributed by atoms with Crippen LogP contribution in [0.2, 0.25) is 0 Å². The van der Waals surface area contributed by atoms with E-state index in [2.05, 4.69) is 123 Å². The topological polar surface area (TPSA) is 3.24 Å². The van der Waals surface area contributed by atoms with Crippen LogP contribution in [0.1, 0.15) is 30.0 Å². The third-order valence-corrected chi connectivity index (χ3v) is 5.51. The maximum Gasteiger partial charge on any atom is 0.0462 e. The van der Waals surface area contributed by atoms with Crippen LogP contribution in [-0.4, -0.2) is 0 Å². The zero-order valence-electron chi connectivity index (χ0n) is 18.1. The Bertz CT molecular complexity index is 1040. The highest BCUT2D eigenvalue weighted by molar-refractivity contribution is 5.78. The minimum atomic E-state index is 1.13. The van der Waals surface area contributed by atoms with Crippen molar-refractivity contribution in [1.29, 1.82) is 0 Å². The standard InChI is InChI=1S/C29H29N/c1-4-6-24-7-5-8-26(21-24)25-13-19-29(20-14-25)30(27-15-9-22(2)10-16-27)28-17-11-23(3)12-18-28/h5,7-21H,4,6H2,1-3H3.